The molecule has 10 heteroatoms. The maximum absolute atomic E-state index is 17.2. The number of hydrogen-bond acceptors (Lipinski definition) is 7. The van der Waals surface area contributed by atoms with Crippen molar-refractivity contribution >= 4 is 39.5 Å². The van der Waals surface area contributed by atoms with Gasteiger partial charge in [-0.05, 0) is 78.9 Å². The van der Waals surface area contributed by atoms with Gasteiger partial charge in [0.05, 0.1) is 11.7 Å². The smallest absolute Gasteiger partial charge is 0.246 e. The molecule has 4 aromatic rings. The van der Waals surface area contributed by atoms with Crippen LogP contribution in [-0.2, 0) is 4.79 Å². The van der Waals surface area contributed by atoms with E-state index in [4.69, 9.17) is 9.97 Å². The third-order valence-corrected chi connectivity index (χ3v) is 9.39. The molecule has 0 spiro atoms. The van der Waals surface area contributed by atoms with Gasteiger partial charge in [0.1, 0.15) is 11.3 Å². The Morgan fingerprint density at radius 1 is 1.05 bits per heavy atom. The number of hydrogen-bond donors (Lipinski definition) is 0. The van der Waals surface area contributed by atoms with Gasteiger partial charge in [0.25, 0.3) is 0 Å². The molecule has 0 radical (unpaired) electrons. The quantitative estimate of drug-likeness (QED) is 0.277. The van der Waals surface area contributed by atoms with Crippen LogP contribution >= 0.6 is 0 Å². The normalized spacial score (nSPS) is 19.5. The summed E-state index contributed by atoms with van der Waals surface area (Å²) in [5.41, 5.74) is 4.45. The van der Waals surface area contributed by atoms with Crippen molar-refractivity contribution in [3.63, 3.8) is 0 Å². The number of aryl methyl sites for hydroxylation is 2. The average molecular weight is 599 g/mol. The second-order valence-corrected chi connectivity index (χ2v) is 13.1. The summed E-state index contributed by atoms with van der Waals surface area (Å²) in [5, 5.41) is 6.31. The fraction of sp³-hybridized carbons (Fsp3) is 0.471. The monoisotopic (exact) mass is 598 g/mol. The van der Waals surface area contributed by atoms with Gasteiger partial charge in [0, 0.05) is 72.2 Å². The first kappa shape index (κ1) is 30.0. The number of carbonyl (C=O) groups excluding carboxylic acids is 1. The van der Waals surface area contributed by atoms with E-state index < -0.39 is 0 Å². The Bertz CT molecular complexity index is 1770. The highest BCUT2D eigenvalue weighted by atomic mass is 19.1. The van der Waals surface area contributed by atoms with Crippen molar-refractivity contribution < 1.29 is 9.18 Å². The van der Waals surface area contributed by atoms with E-state index >= 15 is 4.39 Å². The number of aromatic nitrogens is 4. The molecule has 6 rings (SSSR count). The van der Waals surface area contributed by atoms with Crippen LogP contribution in [0.3, 0.4) is 0 Å². The number of benzene rings is 2. The molecule has 4 heterocycles. The summed E-state index contributed by atoms with van der Waals surface area (Å²) in [6.07, 6.45) is 3.23. The SMILES string of the molecule is C=CC(=O)N1C[C@H](C)N(c2nc(N3CC(N(C)C)C3)nc3c(F)c(-c4c(C)ccc5cnn(C(C)C)c45)c(C)cc23)C[C@H]1C. The highest BCUT2D eigenvalue weighted by Gasteiger charge is 2.36. The van der Waals surface area contributed by atoms with E-state index in [1.165, 1.54) is 6.08 Å². The number of nitrogens with zero attached hydrogens (tertiary/aromatic N) is 8. The van der Waals surface area contributed by atoms with Gasteiger partial charge >= 0.3 is 0 Å². The fourth-order valence-corrected chi connectivity index (χ4v) is 6.73. The molecular weight excluding hydrogens is 555 g/mol. The standard InChI is InChI=1S/C34H43FN8O/c1-10-27(44)41-15-23(7)42(16-22(41)6)33-26-13-21(5)28(29-20(4)11-12-24-14-36-43(19(2)3)32(24)29)30(35)31(26)37-34(38-33)40-17-25(18-40)39(8)9/h10-14,19,22-23,25H,1,15-18H2,2-9H3/t22-,23+/m1/s1. The summed E-state index contributed by atoms with van der Waals surface area (Å²) in [6.45, 7) is 18.6. The van der Waals surface area contributed by atoms with Crippen molar-refractivity contribution in [3.8, 4) is 11.1 Å². The van der Waals surface area contributed by atoms with Gasteiger partial charge in [-0.1, -0.05) is 18.7 Å². The molecule has 232 valence electrons. The summed E-state index contributed by atoms with van der Waals surface area (Å²) in [4.78, 5) is 31.0. The largest absolute Gasteiger partial charge is 0.349 e. The molecule has 9 nitrogen and oxygen atoms in total. The number of fused-ring (bicyclic) bond motifs is 2. The highest BCUT2D eigenvalue weighted by molar-refractivity contribution is 6.02. The van der Waals surface area contributed by atoms with E-state index in [0.29, 0.717) is 47.4 Å². The maximum Gasteiger partial charge on any atom is 0.246 e. The Morgan fingerprint density at radius 2 is 1.77 bits per heavy atom. The lowest BCUT2D eigenvalue weighted by Gasteiger charge is -2.45. The second kappa shape index (κ2) is 11.1. The fourth-order valence-electron chi connectivity index (χ4n) is 6.73. The van der Waals surface area contributed by atoms with E-state index in [0.717, 1.165) is 40.7 Å². The first-order chi connectivity index (χ1) is 20.9. The van der Waals surface area contributed by atoms with E-state index in [1.54, 1.807) is 0 Å². The Balaban J connectivity index is 1.57. The number of likely N-dealkylation sites (N-methyl/N-ethyl adjacent to an activating group) is 1. The molecule has 0 unspecified atom stereocenters. The van der Waals surface area contributed by atoms with E-state index in [-0.39, 0.29) is 29.8 Å². The summed E-state index contributed by atoms with van der Waals surface area (Å²) in [5.74, 6) is 0.817. The van der Waals surface area contributed by atoms with Crippen molar-refractivity contribution in [1.82, 2.24) is 29.5 Å². The van der Waals surface area contributed by atoms with E-state index in [2.05, 4.69) is 67.3 Å². The number of anilines is 2. The van der Waals surface area contributed by atoms with E-state index in [1.807, 2.05) is 48.7 Å². The van der Waals surface area contributed by atoms with Crippen molar-refractivity contribution in [2.75, 3.05) is 50.1 Å². The number of carbonyl (C=O) groups is 1. The molecule has 2 aromatic heterocycles. The molecule has 1 amide bonds. The average Bonchev–Trinajstić information content (AvgIpc) is 3.38. The summed E-state index contributed by atoms with van der Waals surface area (Å²) < 4.78 is 19.2. The first-order valence-electron chi connectivity index (χ1n) is 15.5. The van der Waals surface area contributed by atoms with Gasteiger partial charge in [-0.3, -0.25) is 9.48 Å². The predicted octanol–water partition coefficient (Wildman–Crippen LogP) is 5.35. The molecule has 2 saturated heterocycles. The molecular formula is C34H43FN8O. The molecule has 2 atom stereocenters. The topological polar surface area (TPSA) is 73.6 Å². The van der Waals surface area contributed by atoms with Gasteiger partial charge in [-0.2, -0.15) is 10.1 Å². The number of rotatable bonds is 6. The van der Waals surface area contributed by atoms with Crippen molar-refractivity contribution in [3.05, 3.63) is 54.0 Å². The van der Waals surface area contributed by atoms with Crippen LogP contribution in [0.2, 0.25) is 0 Å². The van der Waals surface area contributed by atoms with Crippen LogP contribution in [0.1, 0.15) is 44.9 Å². The summed E-state index contributed by atoms with van der Waals surface area (Å²) in [7, 11) is 4.14. The molecule has 44 heavy (non-hydrogen) atoms. The molecule has 2 fully saturated rings. The Morgan fingerprint density at radius 3 is 2.43 bits per heavy atom. The van der Waals surface area contributed by atoms with E-state index in [9.17, 15) is 4.79 Å². The third-order valence-electron chi connectivity index (χ3n) is 9.39. The third kappa shape index (κ3) is 4.80. The van der Waals surface area contributed by atoms with Crippen LogP contribution in [0.4, 0.5) is 16.2 Å². The Kier molecular flexibility index (Phi) is 7.60. The van der Waals surface area contributed by atoms with Crippen LogP contribution < -0.4 is 9.80 Å². The van der Waals surface area contributed by atoms with Crippen LogP contribution in [0, 0.1) is 19.7 Å². The minimum Gasteiger partial charge on any atom is -0.349 e. The van der Waals surface area contributed by atoms with Gasteiger partial charge in [0.15, 0.2) is 5.82 Å². The molecule has 2 aromatic carbocycles. The Labute approximate surface area is 258 Å². The minimum atomic E-state index is -0.345. The van der Waals surface area contributed by atoms with Crippen LogP contribution in [-0.4, -0.2) is 93.9 Å². The zero-order valence-electron chi connectivity index (χ0n) is 27.1. The van der Waals surface area contributed by atoms with Crippen LogP contribution in [0.5, 0.6) is 0 Å². The van der Waals surface area contributed by atoms with Crippen LogP contribution in [0.15, 0.2) is 37.1 Å². The lowest BCUT2D eigenvalue weighted by Crippen LogP contribution is -2.59. The number of amides is 1. The lowest BCUT2D eigenvalue weighted by molar-refractivity contribution is -0.128. The number of halogens is 1. The van der Waals surface area contributed by atoms with Crippen molar-refractivity contribution in [2.45, 2.75) is 65.7 Å². The molecule has 2 aliphatic heterocycles. The summed E-state index contributed by atoms with van der Waals surface area (Å²) >= 11 is 0. The van der Waals surface area contributed by atoms with Crippen molar-refractivity contribution in [2.24, 2.45) is 0 Å². The second-order valence-electron chi connectivity index (χ2n) is 13.1. The van der Waals surface area contributed by atoms with Gasteiger partial charge < -0.3 is 19.6 Å². The van der Waals surface area contributed by atoms with Crippen molar-refractivity contribution in [1.29, 1.82) is 0 Å². The summed E-state index contributed by atoms with van der Waals surface area (Å²) in [6, 6.07) is 6.54. The van der Waals surface area contributed by atoms with Gasteiger partial charge in [0.2, 0.25) is 11.9 Å². The highest BCUT2D eigenvalue weighted by Crippen LogP contribution is 2.42. The van der Waals surface area contributed by atoms with Gasteiger partial charge in [-0.25, -0.2) is 9.37 Å². The maximum atomic E-state index is 17.2. The minimum absolute atomic E-state index is 0.0357. The lowest BCUT2D eigenvalue weighted by atomic mass is 9.92. The molecule has 0 saturated carbocycles. The molecule has 2 aliphatic rings. The zero-order valence-corrected chi connectivity index (χ0v) is 27.1. The Hall–Kier alpha value is -4.05. The predicted molar refractivity (Wildman–Crippen MR) is 176 cm³/mol. The molecule has 0 bridgehead atoms. The molecule has 0 N–H and O–H groups in total. The van der Waals surface area contributed by atoms with Gasteiger partial charge in [-0.15, -0.1) is 0 Å². The zero-order chi connectivity index (χ0) is 31.6. The van der Waals surface area contributed by atoms with Crippen LogP contribution in [0.25, 0.3) is 32.9 Å². The first-order valence-corrected chi connectivity index (χ1v) is 15.5. The molecule has 0 aliphatic carbocycles. The number of piperazine rings is 1.